The van der Waals surface area contributed by atoms with E-state index >= 15 is 0 Å². The van der Waals surface area contributed by atoms with Gasteiger partial charge in [0.15, 0.2) is 0 Å². The van der Waals surface area contributed by atoms with E-state index in [9.17, 15) is 5.11 Å². The molecular weight excluding hydrogens is 196 g/mol. The Morgan fingerprint density at radius 3 is 2.40 bits per heavy atom. The van der Waals surface area contributed by atoms with Crippen LogP contribution in [0.3, 0.4) is 0 Å². The molecule has 1 atom stereocenters. The molecule has 0 amide bonds. The molecule has 1 heterocycles. The molecule has 1 aliphatic carbocycles. The molecule has 2 rings (SSSR count). The van der Waals surface area contributed by atoms with Crippen molar-refractivity contribution >= 4 is 0 Å². The lowest BCUT2D eigenvalue weighted by Crippen LogP contribution is -2.39. The second-order valence-corrected chi connectivity index (χ2v) is 5.07. The van der Waals surface area contributed by atoms with E-state index in [2.05, 4.69) is 0 Å². The molecule has 2 aliphatic rings. The predicted molar refractivity (Wildman–Crippen MR) is 54.0 cm³/mol. The molecule has 0 radical (unpaired) electrons. The fraction of sp³-hybridized carbons (Fsp3) is 1.00. The Labute approximate surface area is 90.4 Å². The van der Waals surface area contributed by atoms with Crippen molar-refractivity contribution in [3.8, 4) is 0 Å². The summed E-state index contributed by atoms with van der Waals surface area (Å²) in [4.78, 5) is 10.8. The van der Waals surface area contributed by atoms with Gasteiger partial charge >= 0.3 is 0 Å². The van der Waals surface area contributed by atoms with Gasteiger partial charge in [0.25, 0.3) is 0 Å². The molecule has 0 aromatic rings. The molecule has 1 aliphatic heterocycles. The lowest BCUT2D eigenvalue weighted by molar-refractivity contribution is -0.452. The van der Waals surface area contributed by atoms with Crippen LogP contribution in [0.15, 0.2) is 0 Å². The van der Waals surface area contributed by atoms with Gasteiger partial charge in [0, 0.05) is 12.8 Å². The van der Waals surface area contributed by atoms with Crippen molar-refractivity contribution in [2.24, 2.45) is 0 Å². The molecular formula is C11H20O4. The zero-order valence-electron chi connectivity index (χ0n) is 9.49. The van der Waals surface area contributed by atoms with Gasteiger partial charge in [0.05, 0.1) is 6.61 Å². The van der Waals surface area contributed by atoms with E-state index in [0.717, 1.165) is 25.7 Å². The van der Waals surface area contributed by atoms with Crippen molar-refractivity contribution in [1.29, 1.82) is 0 Å². The summed E-state index contributed by atoms with van der Waals surface area (Å²) in [5.74, 6) is -0.604. The summed E-state index contributed by atoms with van der Waals surface area (Å²) in [6.45, 7) is 3.90. The zero-order chi connectivity index (χ0) is 10.9. The number of aliphatic hydroxyl groups is 1. The minimum absolute atomic E-state index is 0.285. The first kappa shape index (κ1) is 11.3. The van der Waals surface area contributed by atoms with E-state index < -0.39 is 17.5 Å². The molecule has 4 nitrogen and oxygen atoms in total. The highest BCUT2D eigenvalue weighted by molar-refractivity contribution is 4.83. The van der Waals surface area contributed by atoms with E-state index in [0.29, 0.717) is 0 Å². The molecule has 1 saturated carbocycles. The summed E-state index contributed by atoms with van der Waals surface area (Å²) in [6.07, 6.45) is 4.49. The molecule has 0 aromatic carbocycles. The number of rotatable bonds is 0. The van der Waals surface area contributed by atoms with Crippen LogP contribution in [-0.4, -0.2) is 29.2 Å². The Bertz CT molecular complexity index is 221. The number of aliphatic hydroxyl groups excluding tert-OH is 1. The van der Waals surface area contributed by atoms with Gasteiger partial charge in [-0.3, -0.25) is 0 Å². The van der Waals surface area contributed by atoms with Crippen LogP contribution >= 0.6 is 0 Å². The largest absolute Gasteiger partial charge is 0.388 e. The Morgan fingerprint density at radius 1 is 1.07 bits per heavy atom. The Hall–Kier alpha value is -0.160. The second-order valence-electron chi connectivity index (χ2n) is 5.07. The third-order valence-corrected chi connectivity index (χ3v) is 3.33. The van der Waals surface area contributed by atoms with Crippen molar-refractivity contribution in [3.63, 3.8) is 0 Å². The molecule has 1 spiro atoms. The summed E-state index contributed by atoms with van der Waals surface area (Å²) < 4.78 is 5.68. The lowest BCUT2D eigenvalue weighted by Gasteiger charge is -2.34. The lowest BCUT2D eigenvalue weighted by atomic mass is 9.94. The first-order chi connectivity index (χ1) is 7.04. The quantitative estimate of drug-likeness (QED) is 0.627. The molecule has 4 heteroatoms. The molecule has 1 unspecified atom stereocenters. The fourth-order valence-corrected chi connectivity index (χ4v) is 2.01. The van der Waals surface area contributed by atoms with E-state index in [4.69, 9.17) is 14.5 Å². The van der Waals surface area contributed by atoms with Gasteiger partial charge in [0.2, 0.25) is 5.79 Å². The van der Waals surface area contributed by atoms with E-state index in [1.807, 2.05) is 13.8 Å². The maximum absolute atomic E-state index is 9.80. The van der Waals surface area contributed by atoms with Crippen LogP contribution in [0.4, 0.5) is 0 Å². The molecule has 1 saturated heterocycles. The Balaban J connectivity index is 2.05. The van der Waals surface area contributed by atoms with Crippen LogP contribution in [0, 0.1) is 0 Å². The highest BCUT2D eigenvalue weighted by atomic mass is 17.2. The molecule has 88 valence electrons. The van der Waals surface area contributed by atoms with Crippen molar-refractivity contribution in [2.75, 3.05) is 6.61 Å². The Kier molecular flexibility index (Phi) is 3.03. The summed E-state index contributed by atoms with van der Waals surface area (Å²) in [6, 6.07) is 0. The molecule has 1 N–H and O–H groups in total. The van der Waals surface area contributed by atoms with Crippen LogP contribution in [0.5, 0.6) is 0 Å². The van der Waals surface area contributed by atoms with E-state index in [-0.39, 0.29) is 6.61 Å². The molecule has 0 aromatic heterocycles. The SMILES string of the molecule is CC1(C)OOC2(CCCCC2)OCC1O. The van der Waals surface area contributed by atoms with Crippen molar-refractivity contribution in [1.82, 2.24) is 0 Å². The van der Waals surface area contributed by atoms with Crippen LogP contribution in [0.1, 0.15) is 46.0 Å². The average molecular weight is 216 g/mol. The maximum atomic E-state index is 9.80. The van der Waals surface area contributed by atoms with Gasteiger partial charge in [-0.25, -0.2) is 9.78 Å². The highest BCUT2D eigenvalue weighted by Crippen LogP contribution is 2.37. The van der Waals surface area contributed by atoms with Gasteiger partial charge in [0.1, 0.15) is 11.7 Å². The van der Waals surface area contributed by atoms with Crippen LogP contribution in [0.2, 0.25) is 0 Å². The first-order valence-electron chi connectivity index (χ1n) is 5.73. The maximum Gasteiger partial charge on any atom is 0.201 e. The van der Waals surface area contributed by atoms with E-state index in [1.165, 1.54) is 6.42 Å². The molecule has 15 heavy (non-hydrogen) atoms. The minimum atomic E-state index is -0.694. The van der Waals surface area contributed by atoms with Crippen molar-refractivity contribution < 1.29 is 19.6 Å². The predicted octanol–water partition coefficient (Wildman–Crippen LogP) is 1.76. The van der Waals surface area contributed by atoms with Crippen LogP contribution in [-0.2, 0) is 14.5 Å². The third-order valence-electron chi connectivity index (χ3n) is 3.33. The molecule has 0 bridgehead atoms. The van der Waals surface area contributed by atoms with Gasteiger partial charge < -0.3 is 9.84 Å². The van der Waals surface area contributed by atoms with Gasteiger partial charge in [-0.15, -0.1) is 0 Å². The van der Waals surface area contributed by atoms with Crippen LogP contribution < -0.4 is 0 Å². The number of ether oxygens (including phenoxy) is 1. The van der Waals surface area contributed by atoms with Gasteiger partial charge in [-0.1, -0.05) is 6.42 Å². The monoisotopic (exact) mass is 216 g/mol. The minimum Gasteiger partial charge on any atom is -0.388 e. The first-order valence-corrected chi connectivity index (χ1v) is 5.73. The van der Waals surface area contributed by atoms with Crippen LogP contribution in [0.25, 0.3) is 0 Å². The molecule has 2 fully saturated rings. The standard InChI is InChI=1S/C11H20O4/c1-10(2)9(12)8-13-11(15-14-10)6-4-3-5-7-11/h9,12H,3-8H2,1-2H3. The third kappa shape index (κ3) is 2.33. The van der Waals surface area contributed by atoms with Crippen molar-refractivity contribution in [2.45, 2.75) is 63.4 Å². The second kappa shape index (κ2) is 4.01. The summed E-state index contributed by atoms with van der Waals surface area (Å²) >= 11 is 0. The van der Waals surface area contributed by atoms with Gasteiger partial charge in [-0.05, 0) is 26.7 Å². The Morgan fingerprint density at radius 2 is 1.73 bits per heavy atom. The smallest absolute Gasteiger partial charge is 0.201 e. The average Bonchev–Trinajstić information content (AvgIpc) is 2.33. The highest BCUT2D eigenvalue weighted by Gasteiger charge is 2.44. The zero-order valence-corrected chi connectivity index (χ0v) is 9.49. The van der Waals surface area contributed by atoms with E-state index in [1.54, 1.807) is 0 Å². The summed E-state index contributed by atoms with van der Waals surface area (Å²) in [5.41, 5.74) is -0.694. The summed E-state index contributed by atoms with van der Waals surface area (Å²) in [7, 11) is 0. The summed E-state index contributed by atoms with van der Waals surface area (Å²) in [5, 5.41) is 9.80. The van der Waals surface area contributed by atoms with Crippen molar-refractivity contribution in [3.05, 3.63) is 0 Å². The number of hydrogen-bond acceptors (Lipinski definition) is 4. The topological polar surface area (TPSA) is 47.9 Å². The fourth-order valence-electron chi connectivity index (χ4n) is 2.01. The normalized spacial score (nSPS) is 35.0. The van der Waals surface area contributed by atoms with Gasteiger partial charge in [-0.2, -0.15) is 0 Å². The number of hydrogen-bond donors (Lipinski definition) is 1.